The Kier molecular flexibility index (Phi) is 6.15. The SMILES string of the molecule is CC(C)c1ccc(N2C[C@H](CS(C)(=O)=O)[C@@H]2C)c2cnc(Nc3ccnc(-c4cnn(C)c4)n3)cc12. The van der Waals surface area contributed by atoms with Crippen LogP contribution in [-0.2, 0) is 16.9 Å². The van der Waals surface area contributed by atoms with E-state index in [0.717, 1.165) is 28.6 Å². The van der Waals surface area contributed by atoms with Gasteiger partial charge in [-0.3, -0.25) is 4.68 Å². The number of nitrogens with zero attached hydrogens (tertiary/aromatic N) is 6. The maximum absolute atomic E-state index is 11.8. The lowest BCUT2D eigenvalue weighted by atomic mass is 9.88. The summed E-state index contributed by atoms with van der Waals surface area (Å²) in [5, 5.41) is 9.72. The minimum atomic E-state index is -3.00. The van der Waals surface area contributed by atoms with E-state index in [1.807, 2.05) is 25.5 Å². The van der Waals surface area contributed by atoms with Crippen LogP contribution in [0.4, 0.5) is 17.3 Å². The van der Waals surface area contributed by atoms with Crippen LogP contribution in [0, 0.1) is 5.92 Å². The van der Waals surface area contributed by atoms with E-state index in [4.69, 9.17) is 4.98 Å². The molecule has 0 bridgehead atoms. The average Bonchev–Trinajstić information content (AvgIpc) is 3.26. The Morgan fingerprint density at radius 1 is 1.11 bits per heavy atom. The van der Waals surface area contributed by atoms with Crippen LogP contribution < -0.4 is 10.2 Å². The van der Waals surface area contributed by atoms with Crippen molar-refractivity contribution in [1.29, 1.82) is 0 Å². The van der Waals surface area contributed by atoms with Gasteiger partial charge in [-0.15, -0.1) is 0 Å². The molecule has 188 valence electrons. The van der Waals surface area contributed by atoms with Crippen molar-refractivity contribution in [2.45, 2.75) is 32.7 Å². The Hall–Kier alpha value is -3.53. The number of fused-ring (bicyclic) bond motifs is 1. The second-order valence-electron chi connectivity index (χ2n) is 9.98. The molecule has 9 nitrogen and oxygen atoms in total. The summed E-state index contributed by atoms with van der Waals surface area (Å²) >= 11 is 0. The summed E-state index contributed by atoms with van der Waals surface area (Å²) in [4.78, 5) is 16.0. The van der Waals surface area contributed by atoms with Gasteiger partial charge in [0.15, 0.2) is 5.82 Å². The monoisotopic (exact) mass is 505 g/mol. The number of hydrogen-bond donors (Lipinski definition) is 1. The van der Waals surface area contributed by atoms with Crippen LogP contribution in [0.2, 0.25) is 0 Å². The van der Waals surface area contributed by atoms with Crippen LogP contribution in [0.1, 0.15) is 32.3 Å². The molecule has 1 saturated heterocycles. The van der Waals surface area contributed by atoms with Crippen molar-refractivity contribution >= 4 is 37.9 Å². The van der Waals surface area contributed by atoms with Crippen molar-refractivity contribution in [3.05, 3.63) is 54.6 Å². The number of anilines is 3. The van der Waals surface area contributed by atoms with E-state index >= 15 is 0 Å². The van der Waals surface area contributed by atoms with Gasteiger partial charge in [0.25, 0.3) is 0 Å². The second kappa shape index (κ2) is 9.16. The normalized spacial score (nSPS) is 18.0. The molecular weight excluding hydrogens is 474 g/mol. The smallest absolute Gasteiger partial charge is 0.164 e. The molecule has 1 aromatic carbocycles. The third kappa shape index (κ3) is 4.77. The molecule has 0 radical (unpaired) electrons. The Balaban J connectivity index is 1.46. The summed E-state index contributed by atoms with van der Waals surface area (Å²) in [5.74, 6) is 2.63. The second-order valence-corrected chi connectivity index (χ2v) is 12.2. The minimum absolute atomic E-state index is 0.139. The van der Waals surface area contributed by atoms with Crippen LogP contribution in [0.3, 0.4) is 0 Å². The molecule has 3 aromatic heterocycles. The predicted molar refractivity (Wildman–Crippen MR) is 143 cm³/mol. The van der Waals surface area contributed by atoms with Gasteiger partial charge in [0.05, 0.1) is 17.5 Å². The summed E-state index contributed by atoms with van der Waals surface area (Å²) < 4.78 is 25.3. The Morgan fingerprint density at radius 2 is 1.92 bits per heavy atom. The van der Waals surface area contributed by atoms with Crippen molar-refractivity contribution < 1.29 is 8.42 Å². The van der Waals surface area contributed by atoms with Gasteiger partial charge in [-0.25, -0.2) is 23.4 Å². The van der Waals surface area contributed by atoms with E-state index in [0.29, 0.717) is 23.4 Å². The molecule has 5 rings (SSSR count). The largest absolute Gasteiger partial charge is 0.368 e. The van der Waals surface area contributed by atoms with Gasteiger partial charge in [-0.1, -0.05) is 19.9 Å². The first-order valence-corrected chi connectivity index (χ1v) is 14.1. The van der Waals surface area contributed by atoms with Crippen LogP contribution in [0.15, 0.2) is 49.1 Å². The van der Waals surface area contributed by atoms with E-state index in [2.05, 4.69) is 64.3 Å². The molecule has 1 N–H and O–H groups in total. The van der Waals surface area contributed by atoms with Crippen molar-refractivity contribution in [2.75, 3.05) is 28.8 Å². The fourth-order valence-electron chi connectivity index (χ4n) is 4.89. The van der Waals surface area contributed by atoms with Crippen molar-refractivity contribution in [3.8, 4) is 11.4 Å². The maximum atomic E-state index is 11.8. The van der Waals surface area contributed by atoms with Crippen molar-refractivity contribution in [2.24, 2.45) is 13.0 Å². The highest BCUT2D eigenvalue weighted by Gasteiger charge is 2.38. The van der Waals surface area contributed by atoms with Crippen LogP contribution in [-0.4, -0.2) is 57.7 Å². The number of rotatable bonds is 7. The Bertz CT molecular complexity index is 1530. The molecule has 0 spiro atoms. The first kappa shape index (κ1) is 24.2. The molecule has 1 aliphatic rings. The molecule has 0 amide bonds. The molecule has 0 unspecified atom stereocenters. The summed E-state index contributed by atoms with van der Waals surface area (Å²) in [6.07, 6.45) is 8.54. The van der Waals surface area contributed by atoms with Crippen LogP contribution >= 0.6 is 0 Å². The number of hydrogen-bond acceptors (Lipinski definition) is 8. The maximum Gasteiger partial charge on any atom is 0.164 e. The molecule has 0 saturated carbocycles. The van der Waals surface area contributed by atoms with Gasteiger partial charge in [-0.05, 0) is 42.0 Å². The van der Waals surface area contributed by atoms with Crippen LogP contribution in [0.25, 0.3) is 22.2 Å². The van der Waals surface area contributed by atoms with E-state index in [-0.39, 0.29) is 17.7 Å². The number of pyridine rings is 1. The third-order valence-corrected chi connectivity index (χ3v) is 7.87. The molecule has 36 heavy (non-hydrogen) atoms. The first-order chi connectivity index (χ1) is 17.1. The number of benzene rings is 1. The van der Waals surface area contributed by atoms with E-state index in [9.17, 15) is 8.42 Å². The molecule has 2 atom stereocenters. The molecule has 1 aliphatic heterocycles. The van der Waals surface area contributed by atoms with Crippen LogP contribution in [0.5, 0.6) is 0 Å². The van der Waals surface area contributed by atoms with Gasteiger partial charge in [0, 0.05) is 61.5 Å². The average molecular weight is 506 g/mol. The van der Waals surface area contributed by atoms with E-state index in [1.54, 1.807) is 17.1 Å². The summed E-state index contributed by atoms with van der Waals surface area (Å²) in [6.45, 7) is 7.18. The molecule has 0 aliphatic carbocycles. The van der Waals surface area contributed by atoms with Gasteiger partial charge in [0.2, 0.25) is 0 Å². The first-order valence-electron chi connectivity index (χ1n) is 12.0. The predicted octanol–water partition coefficient (Wildman–Crippen LogP) is 4.16. The van der Waals surface area contributed by atoms with E-state index < -0.39 is 9.84 Å². The highest BCUT2D eigenvalue weighted by molar-refractivity contribution is 7.90. The standard InChI is InChI=1S/C26H31N7O2S/c1-16(2)20-6-7-23(33-14-19(17(33)3)15-36(5,34)35)22-12-28-25(10-21(20)22)30-24-8-9-27-26(31-24)18-11-29-32(4)13-18/h6-13,16-17,19H,14-15H2,1-5H3,(H,27,28,30,31)/t17-,19+/m0/s1. The number of nitrogens with one attached hydrogen (secondary N) is 1. The molecule has 10 heteroatoms. The number of sulfone groups is 1. The number of aromatic nitrogens is 5. The third-order valence-electron chi connectivity index (χ3n) is 6.84. The Labute approximate surface area is 211 Å². The van der Waals surface area contributed by atoms with Gasteiger partial charge >= 0.3 is 0 Å². The zero-order chi connectivity index (χ0) is 25.6. The molecule has 4 heterocycles. The highest BCUT2D eigenvalue weighted by Crippen LogP contribution is 2.39. The van der Waals surface area contributed by atoms with Gasteiger partial charge < -0.3 is 10.2 Å². The summed E-state index contributed by atoms with van der Waals surface area (Å²) in [7, 11) is -1.14. The summed E-state index contributed by atoms with van der Waals surface area (Å²) in [6, 6.07) is 8.35. The van der Waals surface area contributed by atoms with Gasteiger partial charge in [-0.2, -0.15) is 5.10 Å². The zero-order valence-electron chi connectivity index (χ0n) is 21.2. The lowest BCUT2D eigenvalue weighted by Gasteiger charge is -2.48. The van der Waals surface area contributed by atoms with E-state index in [1.165, 1.54) is 11.8 Å². The van der Waals surface area contributed by atoms with Gasteiger partial charge in [0.1, 0.15) is 21.5 Å². The quantitative estimate of drug-likeness (QED) is 0.399. The number of aryl methyl sites for hydroxylation is 1. The fourth-order valence-corrected chi connectivity index (χ4v) is 6.05. The Morgan fingerprint density at radius 3 is 2.58 bits per heavy atom. The minimum Gasteiger partial charge on any atom is -0.368 e. The fraction of sp³-hybridized carbons (Fsp3) is 0.385. The zero-order valence-corrected chi connectivity index (χ0v) is 22.0. The molecule has 1 fully saturated rings. The lowest BCUT2D eigenvalue weighted by Crippen LogP contribution is -2.57. The molecular formula is C26H31N7O2S. The topological polar surface area (TPSA) is 106 Å². The highest BCUT2D eigenvalue weighted by atomic mass is 32.2. The summed E-state index contributed by atoms with van der Waals surface area (Å²) in [5.41, 5.74) is 3.17. The van der Waals surface area contributed by atoms with Crippen molar-refractivity contribution in [1.82, 2.24) is 24.7 Å². The van der Waals surface area contributed by atoms with Crippen molar-refractivity contribution in [3.63, 3.8) is 0 Å². The lowest BCUT2D eigenvalue weighted by molar-refractivity contribution is 0.342. The molecule has 4 aromatic rings.